The van der Waals surface area contributed by atoms with Gasteiger partial charge in [-0.15, -0.1) is 0 Å². The molecule has 27 nitrogen and oxygen atoms in total. The molecule has 3 N–H and O–H groups in total. The van der Waals surface area contributed by atoms with Crippen molar-refractivity contribution in [1.82, 2.24) is 60.0 Å². The molecular formula is C85H121F5N12O15. The molecule has 3 aromatic carbocycles. The number of alkyl carbamates (subject to hydrolysis) is 1. The fourth-order valence-corrected chi connectivity index (χ4v) is 16.1. The molecular weight excluding hydrogens is 1520 g/mol. The molecule has 32 heteroatoms. The number of carbonyl (C=O) groups excluding carboxylic acids is 13. The van der Waals surface area contributed by atoms with Gasteiger partial charge in [0.2, 0.25) is 65.0 Å². The fraction of sp³-hybridized carbons (Fsp3) is 0.635. The fourth-order valence-electron chi connectivity index (χ4n) is 16.1. The number of aryl methyl sites for hydroxylation is 2. The van der Waals surface area contributed by atoms with E-state index in [-0.39, 0.29) is 89.2 Å². The minimum absolute atomic E-state index is 0.0269. The summed E-state index contributed by atoms with van der Waals surface area (Å²) >= 11 is 0. The van der Waals surface area contributed by atoms with Crippen molar-refractivity contribution in [2.75, 3.05) is 75.5 Å². The maximum Gasteiger partial charge on any atom is 0.422 e. The molecule has 4 fully saturated rings. The Labute approximate surface area is 684 Å². The van der Waals surface area contributed by atoms with Crippen LogP contribution in [0.1, 0.15) is 186 Å². The average Bonchev–Trinajstić information content (AvgIpc) is 1.75. The van der Waals surface area contributed by atoms with E-state index in [0.29, 0.717) is 62.6 Å². The number of rotatable bonds is 35. The molecule has 2 saturated heterocycles. The van der Waals surface area contributed by atoms with E-state index in [1.165, 1.54) is 95.5 Å². The maximum absolute atomic E-state index is 15.6. The Morgan fingerprint density at radius 1 is 0.632 bits per heavy atom. The van der Waals surface area contributed by atoms with Crippen molar-refractivity contribution in [3.05, 3.63) is 106 Å². The van der Waals surface area contributed by atoms with Gasteiger partial charge < -0.3 is 69.5 Å². The molecule has 0 bridgehead atoms. The van der Waals surface area contributed by atoms with Crippen LogP contribution in [-0.2, 0) is 92.6 Å². The minimum atomic E-state index is -5.35. The first-order chi connectivity index (χ1) is 54.9. The maximum atomic E-state index is 15.6. The van der Waals surface area contributed by atoms with Crippen molar-refractivity contribution < 1.29 is 93.8 Å². The van der Waals surface area contributed by atoms with E-state index in [1.807, 2.05) is 52.0 Å². The molecule has 7 rings (SSSR count). The van der Waals surface area contributed by atoms with Crippen LogP contribution in [0, 0.1) is 36.3 Å². The minimum Gasteiger partial charge on any atom is -0.459 e. The zero-order chi connectivity index (χ0) is 87.0. The molecule has 646 valence electrons. The Bertz CT molecular complexity index is 4010. The van der Waals surface area contributed by atoms with Gasteiger partial charge in [-0.1, -0.05) is 120 Å². The predicted octanol–water partition coefficient (Wildman–Crippen LogP) is 8.37. The van der Waals surface area contributed by atoms with E-state index in [2.05, 4.69) is 16.0 Å². The van der Waals surface area contributed by atoms with Crippen LogP contribution in [0.15, 0.2) is 66.7 Å². The van der Waals surface area contributed by atoms with Crippen molar-refractivity contribution in [2.24, 2.45) is 17.8 Å². The lowest BCUT2D eigenvalue weighted by atomic mass is 9.90. The number of esters is 1. The van der Waals surface area contributed by atoms with E-state index >= 15 is 19.2 Å². The number of hydrogen-bond acceptors (Lipinski definition) is 15. The van der Waals surface area contributed by atoms with Crippen molar-refractivity contribution >= 4 is 77.0 Å². The summed E-state index contributed by atoms with van der Waals surface area (Å²) in [7, 11) is 9.96. The van der Waals surface area contributed by atoms with E-state index in [4.69, 9.17) is 9.47 Å². The van der Waals surface area contributed by atoms with E-state index in [1.54, 1.807) is 65.0 Å². The number of nitrogens with one attached hydrogen (secondary N) is 3. The zero-order valence-corrected chi connectivity index (χ0v) is 70.9. The van der Waals surface area contributed by atoms with Crippen molar-refractivity contribution in [3.8, 4) is 0 Å². The lowest BCUT2D eigenvalue weighted by molar-refractivity contribution is -0.162. The first-order valence-electron chi connectivity index (χ1n) is 40.7. The Kier molecular flexibility index (Phi) is 33.1. The summed E-state index contributed by atoms with van der Waals surface area (Å²) in [5.74, 6) is -12.9. The van der Waals surface area contributed by atoms with Crippen molar-refractivity contribution in [2.45, 2.75) is 257 Å². The molecule has 2 saturated carbocycles. The summed E-state index contributed by atoms with van der Waals surface area (Å²) < 4.78 is 81.3. The molecule has 117 heavy (non-hydrogen) atoms. The van der Waals surface area contributed by atoms with Gasteiger partial charge in [0, 0.05) is 75.4 Å². The molecule has 12 amide bonds. The van der Waals surface area contributed by atoms with Gasteiger partial charge in [0.1, 0.15) is 95.9 Å². The molecule has 2 heterocycles. The smallest absolute Gasteiger partial charge is 0.422 e. The van der Waals surface area contributed by atoms with Gasteiger partial charge in [-0.2, -0.15) is 13.2 Å². The van der Waals surface area contributed by atoms with Crippen molar-refractivity contribution in [3.63, 3.8) is 0 Å². The van der Waals surface area contributed by atoms with E-state index in [0.717, 1.165) is 16.0 Å². The second kappa shape index (κ2) is 41.1. The average molecular weight is 1650 g/mol. The van der Waals surface area contributed by atoms with Crippen LogP contribution in [0.25, 0.3) is 0 Å². The molecule has 0 spiro atoms. The first-order valence-corrected chi connectivity index (χ1v) is 40.7. The molecule has 10 atom stereocenters. The van der Waals surface area contributed by atoms with Crippen LogP contribution < -0.4 is 16.0 Å². The van der Waals surface area contributed by atoms with Crippen molar-refractivity contribution in [1.29, 1.82) is 0 Å². The number of halogens is 5. The molecule has 4 aliphatic rings. The van der Waals surface area contributed by atoms with Crippen LogP contribution in [0.3, 0.4) is 0 Å². The van der Waals surface area contributed by atoms with Gasteiger partial charge in [0.05, 0.1) is 6.42 Å². The van der Waals surface area contributed by atoms with Gasteiger partial charge in [-0.05, 0) is 152 Å². The third-order valence-corrected chi connectivity index (χ3v) is 23.2. The second-order valence-electron chi connectivity index (χ2n) is 33.6. The van der Waals surface area contributed by atoms with Crippen LogP contribution in [0.4, 0.5) is 26.7 Å². The SMILES string of the molecule is CC[C@H](C)[C@H](NC(=O)[C@H](CC(C)C)N(C)C(=O)C[C@@H](C(=O)N(C)C)N(C)C(=O)[C@H](C1CCCC1)N(C)C(=O)C1(NC(=O)[C@@H]2CCCN2C(=O)[C@H](CCc2cc(F)c(C(F)(F)F)c(F)c2)NC(=O)OCc2ccccc2)CCCC1)C(=O)N(C)[C@@H](C)C(=O)N1CC[C@H]1C(=O)N(CC)[C@@H](Cc1ccc(C)cc1)C(=O)N(C)CC(=O)OC(C)(C)C. The Morgan fingerprint density at radius 2 is 1.24 bits per heavy atom. The number of alkyl halides is 3. The van der Waals surface area contributed by atoms with Gasteiger partial charge in [-0.25, -0.2) is 13.6 Å². The normalized spacial score (nSPS) is 18.1. The second-order valence-corrected chi connectivity index (χ2v) is 33.6. The molecule has 0 aromatic heterocycles. The number of benzene rings is 3. The summed E-state index contributed by atoms with van der Waals surface area (Å²) in [5.41, 5.74) is -2.50. The highest BCUT2D eigenvalue weighted by molar-refractivity contribution is 6.01. The summed E-state index contributed by atoms with van der Waals surface area (Å²) in [6.07, 6.45) is -3.28. The molecule has 2 aliphatic heterocycles. The van der Waals surface area contributed by atoms with E-state index < -0.39 is 197 Å². The Balaban J connectivity index is 1.06. The summed E-state index contributed by atoms with van der Waals surface area (Å²) in [6.45, 7) is 17.1. The van der Waals surface area contributed by atoms with E-state index in [9.17, 15) is 65.1 Å². The van der Waals surface area contributed by atoms with Gasteiger partial charge >= 0.3 is 18.2 Å². The monoisotopic (exact) mass is 1640 g/mol. The highest BCUT2D eigenvalue weighted by atomic mass is 19.4. The molecule has 2 aliphatic carbocycles. The molecule has 3 aromatic rings. The predicted molar refractivity (Wildman–Crippen MR) is 425 cm³/mol. The lowest BCUT2D eigenvalue weighted by Crippen LogP contribution is -2.65. The van der Waals surface area contributed by atoms with Gasteiger partial charge in [0.25, 0.3) is 0 Å². The standard InChI is InChI=1S/C85H121F5N12O15/c1-18-53(6)70(79(112)96(14)54(7)74(107)102-43-39-63(102)78(111)100(19-2)66(47-55-35-33-52(5)34-36-55)77(110)95(13)49-68(104)117-83(8,9)10)92-72(105)64(44-51(3)4)97(15)67(103)48-65(76(109)94(11)12)98(16)80(113)71(58-30-23-24-31-58)99(17)81(114)84(40-25-26-41-84)93-73(106)62-32-27-42-101(62)75(108)61(91-82(115)116-50-56-28-21-20-22-29-56)38-37-57-45-59(86)69(60(87)46-57)85(88,89)90/h20-22,28-29,33-36,45-46,51,53-54,58,61-66,70-71H,18-19,23-27,30-32,37-44,47-50H2,1-17H3,(H,91,115)(H,92,105)(H,93,106)/t53-,54-,61-,62-,63-,64-,65-,66-,70-,71-/m0/s1. The summed E-state index contributed by atoms with van der Waals surface area (Å²) in [5, 5.41) is 8.38. The quantitative estimate of drug-likeness (QED) is 0.0368. The topological polar surface area (TPSA) is 306 Å². The number of likely N-dealkylation sites (tertiary alicyclic amines) is 2. The number of amides is 12. The number of likely N-dealkylation sites (N-methyl/N-ethyl adjacent to an activating group) is 7. The van der Waals surface area contributed by atoms with Crippen LogP contribution in [-0.4, -0.2) is 262 Å². The van der Waals surface area contributed by atoms with Crippen LogP contribution >= 0.6 is 0 Å². The third-order valence-electron chi connectivity index (χ3n) is 23.2. The largest absolute Gasteiger partial charge is 0.459 e. The summed E-state index contributed by atoms with van der Waals surface area (Å²) in [6, 6.07) is 5.61. The first kappa shape index (κ1) is 94.4. The Morgan fingerprint density at radius 3 is 1.79 bits per heavy atom. The molecule has 0 radical (unpaired) electrons. The zero-order valence-electron chi connectivity index (χ0n) is 70.9. The Hall–Kier alpha value is -9.78. The lowest BCUT2D eigenvalue weighted by Gasteiger charge is -2.45. The molecule has 0 unspecified atom stereocenters. The van der Waals surface area contributed by atoms with Gasteiger partial charge in [-0.3, -0.25) is 57.5 Å². The third kappa shape index (κ3) is 24.0. The van der Waals surface area contributed by atoms with Crippen LogP contribution in [0.5, 0.6) is 0 Å². The number of carbonyl (C=O) groups is 13. The number of nitrogens with zero attached hydrogens (tertiary/aromatic N) is 9. The number of hydrogen-bond donors (Lipinski definition) is 3. The highest BCUT2D eigenvalue weighted by Gasteiger charge is 2.52. The highest BCUT2D eigenvalue weighted by Crippen LogP contribution is 2.39. The number of ether oxygens (including phenoxy) is 2. The van der Waals surface area contributed by atoms with Gasteiger partial charge in [0.15, 0.2) is 0 Å². The van der Waals surface area contributed by atoms with Crippen LogP contribution in [0.2, 0.25) is 0 Å². The summed E-state index contributed by atoms with van der Waals surface area (Å²) in [4.78, 5) is 202.